The van der Waals surface area contributed by atoms with E-state index in [1.165, 1.54) is 0 Å². The van der Waals surface area contributed by atoms with Crippen molar-refractivity contribution < 1.29 is 14.7 Å². The van der Waals surface area contributed by atoms with Crippen molar-refractivity contribution in [3.63, 3.8) is 0 Å². The summed E-state index contributed by atoms with van der Waals surface area (Å²) in [5.41, 5.74) is 1.50. The van der Waals surface area contributed by atoms with E-state index in [-0.39, 0.29) is 5.91 Å². The standard InChI is InChI=1S/C17H25NO3/c1-6-17(7-2,8-3)18-15(19)13-9-11(4)12(5)10-14(13)16(20)21/h1,13-14H,7-10H2,2-5H3,(H,18,19)(H,20,21)/t13-,14+/m1/s1. The molecule has 1 aliphatic rings. The van der Waals surface area contributed by atoms with Gasteiger partial charge in [0.15, 0.2) is 0 Å². The van der Waals surface area contributed by atoms with Gasteiger partial charge >= 0.3 is 5.97 Å². The Balaban J connectivity index is 2.99. The molecule has 2 N–H and O–H groups in total. The molecule has 0 aromatic carbocycles. The zero-order valence-corrected chi connectivity index (χ0v) is 13.3. The van der Waals surface area contributed by atoms with Crippen LogP contribution in [0.15, 0.2) is 11.1 Å². The average Bonchev–Trinajstić information content (AvgIpc) is 2.46. The number of carbonyl (C=O) groups excluding carboxylic acids is 1. The molecule has 1 amide bonds. The quantitative estimate of drug-likeness (QED) is 0.604. The van der Waals surface area contributed by atoms with Gasteiger partial charge in [-0.25, -0.2) is 0 Å². The van der Waals surface area contributed by atoms with E-state index in [9.17, 15) is 14.7 Å². The minimum Gasteiger partial charge on any atom is -0.481 e. The zero-order valence-electron chi connectivity index (χ0n) is 13.3. The molecule has 0 unspecified atom stereocenters. The fourth-order valence-electron chi connectivity index (χ4n) is 2.82. The second-order valence-electron chi connectivity index (χ2n) is 5.94. The first kappa shape index (κ1) is 17.3. The Hall–Kier alpha value is -1.76. The van der Waals surface area contributed by atoms with Crippen LogP contribution in [0.5, 0.6) is 0 Å². The molecule has 0 heterocycles. The van der Waals surface area contributed by atoms with E-state index in [1.807, 2.05) is 27.7 Å². The van der Waals surface area contributed by atoms with Gasteiger partial charge in [0.05, 0.1) is 11.8 Å². The lowest BCUT2D eigenvalue weighted by Gasteiger charge is -2.34. The first-order valence-corrected chi connectivity index (χ1v) is 7.48. The number of aliphatic carboxylic acids is 1. The van der Waals surface area contributed by atoms with Crippen LogP contribution < -0.4 is 5.32 Å². The van der Waals surface area contributed by atoms with Gasteiger partial charge in [0.2, 0.25) is 5.91 Å². The monoisotopic (exact) mass is 291 g/mol. The van der Waals surface area contributed by atoms with E-state index in [2.05, 4.69) is 11.2 Å². The number of carboxylic acids is 1. The van der Waals surface area contributed by atoms with Gasteiger partial charge in [0.1, 0.15) is 5.54 Å². The van der Waals surface area contributed by atoms with Gasteiger partial charge in [0, 0.05) is 0 Å². The molecule has 0 aromatic heterocycles. The molecule has 0 spiro atoms. The topological polar surface area (TPSA) is 66.4 Å². The van der Waals surface area contributed by atoms with E-state index >= 15 is 0 Å². The van der Waals surface area contributed by atoms with E-state index < -0.39 is 23.3 Å². The van der Waals surface area contributed by atoms with Crippen LogP contribution in [0.1, 0.15) is 53.4 Å². The maximum atomic E-state index is 12.6. The van der Waals surface area contributed by atoms with Crippen molar-refractivity contribution >= 4 is 11.9 Å². The highest BCUT2D eigenvalue weighted by Crippen LogP contribution is 2.35. The van der Waals surface area contributed by atoms with Crippen molar-refractivity contribution in [1.29, 1.82) is 0 Å². The maximum absolute atomic E-state index is 12.6. The van der Waals surface area contributed by atoms with Crippen LogP contribution in [0.4, 0.5) is 0 Å². The lowest BCUT2D eigenvalue weighted by Crippen LogP contribution is -2.51. The number of carboxylic acid groups (broad SMARTS) is 1. The molecule has 0 saturated heterocycles. The molecule has 116 valence electrons. The van der Waals surface area contributed by atoms with Crippen LogP contribution >= 0.6 is 0 Å². The Morgan fingerprint density at radius 2 is 1.71 bits per heavy atom. The Morgan fingerprint density at radius 3 is 2.10 bits per heavy atom. The van der Waals surface area contributed by atoms with Crippen molar-refractivity contribution in [3.05, 3.63) is 11.1 Å². The summed E-state index contributed by atoms with van der Waals surface area (Å²) in [7, 11) is 0. The minimum atomic E-state index is -0.915. The van der Waals surface area contributed by atoms with Gasteiger partial charge in [-0.05, 0) is 39.5 Å². The van der Waals surface area contributed by atoms with Gasteiger partial charge in [0.25, 0.3) is 0 Å². The van der Waals surface area contributed by atoms with Crippen molar-refractivity contribution in [2.45, 2.75) is 58.9 Å². The van der Waals surface area contributed by atoms with Crippen LogP contribution in [0.25, 0.3) is 0 Å². The Kier molecular flexibility index (Phi) is 5.60. The molecule has 1 aliphatic carbocycles. The molecule has 4 heteroatoms. The van der Waals surface area contributed by atoms with Crippen molar-refractivity contribution in [1.82, 2.24) is 5.32 Å². The number of allylic oxidation sites excluding steroid dienone is 2. The highest BCUT2D eigenvalue weighted by Gasteiger charge is 2.39. The number of nitrogens with one attached hydrogen (secondary N) is 1. The van der Waals surface area contributed by atoms with E-state index in [0.717, 1.165) is 11.1 Å². The van der Waals surface area contributed by atoms with E-state index in [4.69, 9.17) is 6.42 Å². The molecule has 0 radical (unpaired) electrons. The lowest BCUT2D eigenvalue weighted by atomic mass is 9.75. The number of rotatable bonds is 5. The summed E-state index contributed by atoms with van der Waals surface area (Å²) in [6, 6.07) is 0. The molecule has 1 rings (SSSR count). The van der Waals surface area contributed by atoms with Gasteiger partial charge in [-0.2, -0.15) is 0 Å². The molecule has 2 atom stereocenters. The lowest BCUT2D eigenvalue weighted by molar-refractivity contribution is -0.148. The van der Waals surface area contributed by atoms with Gasteiger partial charge < -0.3 is 10.4 Å². The molecular weight excluding hydrogens is 266 g/mol. The number of hydrogen-bond acceptors (Lipinski definition) is 2. The van der Waals surface area contributed by atoms with Gasteiger partial charge in [-0.15, -0.1) is 6.42 Å². The normalized spacial score (nSPS) is 22.6. The van der Waals surface area contributed by atoms with Crippen molar-refractivity contribution in [2.24, 2.45) is 11.8 Å². The third-order valence-electron chi connectivity index (χ3n) is 4.77. The molecule has 0 saturated carbocycles. The summed E-state index contributed by atoms with van der Waals surface area (Å²) >= 11 is 0. The summed E-state index contributed by atoms with van der Waals surface area (Å²) in [4.78, 5) is 24.0. The molecule has 0 fully saturated rings. The number of carbonyl (C=O) groups is 2. The fraction of sp³-hybridized carbons (Fsp3) is 0.647. The second kappa shape index (κ2) is 6.80. The highest BCUT2D eigenvalue weighted by atomic mass is 16.4. The molecule has 0 bridgehead atoms. The summed E-state index contributed by atoms with van der Waals surface area (Å²) in [5.74, 6) is 0.289. The zero-order chi connectivity index (χ0) is 16.2. The van der Waals surface area contributed by atoms with Crippen LogP contribution in [0, 0.1) is 24.2 Å². The smallest absolute Gasteiger partial charge is 0.307 e. The molecule has 4 nitrogen and oxygen atoms in total. The number of amides is 1. The highest BCUT2D eigenvalue weighted by molar-refractivity contribution is 5.86. The van der Waals surface area contributed by atoms with Gasteiger partial charge in [-0.3, -0.25) is 9.59 Å². The number of terminal acetylenes is 1. The van der Waals surface area contributed by atoms with Crippen LogP contribution in [0.3, 0.4) is 0 Å². The SMILES string of the molecule is C#CC(CC)(CC)NC(=O)[C@@H]1CC(C)=C(C)C[C@@H]1C(=O)O. The predicted molar refractivity (Wildman–Crippen MR) is 82.5 cm³/mol. The largest absolute Gasteiger partial charge is 0.481 e. The third kappa shape index (κ3) is 3.66. The Bertz CT molecular complexity index is 495. The molecule has 0 aromatic rings. The third-order valence-corrected chi connectivity index (χ3v) is 4.77. The Morgan fingerprint density at radius 1 is 1.24 bits per heavy atom. The fourth-order valence-corrected chi connectivity index (χ4v) is 2.82. The maximum Gasteiger partial charge on any atom is 0.307 e. The summed E-state index contributed by atoms with van der Waals surface area (Å²) in [6.07, 6.45) is 7.74. The molecule has 21 heavy (non-hydrogen) atoms. The van der Waals surface area contributed by atoms with Crippen molar-refractivity contribution in [3.8, 4) is 12.3 Å². The first-order valence-electron chi connectivity index (χ1n) is 7.48. The van der Waals surface area contributed by atoms with Crippen LogP contribution in [-0.2, 0) is 9.59 Å². The summed E-state index contributed by atoms with van der Waals surface area (Å²) in [6.45, 7) is 7.74. The molecule has 0 aliphatic heterocycles. The first-order chi connectivity index (χ1) is 9.80. The minimum absolute atomic E-state index is 0.240. The predicted octanol–water partition coefficient (Wildman–Crippen LogP) is 2.74. The Labute approximate surface area is 127 Å². The van der Waals surface area contributed by atoms with E-state index in [0.29, 0.717) is 25.7 Å². The summed E-state index contributed by atoms with van der Waals surface area (Å²) in [5, 5.41) is 12.3. The number of hydrogen-bond donors (Lipinski definition) is 2. The second-order valence-corrected chi connectivity index (χ2v) is 5.94. The van der Waals surface area contributed by atoms with E-state index in [1.54, 1.807) is 0 Å². The molecular formula is C17H25NO3. The van der Waals surface area contributed by atoms with Gasteiger partial charge in [-0.1, -0.05) is 30.9 Å². The van der Waals surface area contributed by atoms with Crippen LogP contribution in [-0.4, -0.2) is 22.5 Å². The average molecular weight is 291 g/mol. The van der Waals surface area contributed by atoms with Crippen LogP contribution in [0.2, 0.25) is 0 Å². The summed E-state index contributed by atoms with van der Waals surface area (Å²) < 4.78 is 0. The van der Waals surface area contributed by atoms with Crippen molar-refractivity contribution in [2.75, 3.05) is 0 Å².